The Kier molecular flexibility index (Phi) is 12.7. The van der Waals surface area contributed by atoms with Crippen LogP contribution in [0.3, 0.4) is 0 Å². The van der Waals surface area contributed by atoms with Gasteiger partial charge in [0.25, 0.3) is 0 Å². The maximum Gasteiger partial charge on any atom is 0.407 e. The van der Waals surface area contributed by atoms with Crippen LogP contribution in [0, 0.1) is 23.5 Å². The molecule has 5 aromatic rings. The van der Waals surface area contributed by atoms with Gasteiger partial charge in [0.1, 0.15) is 16.8 Å². The number of fused-ring (bicyclic) bond motifs is 1. The van der Waals surface area contributed by atoms with Gasteiger partial charge in [0.05, 0.1) is 27.8 Å². The highest BCUT2D eigenvalue weighted by Gasteiger charge is 2.20. The Hall–Kier alpha value is -4.21. The van der Waals surface area contributed by atoms with E-state index < -0.39 is 35.2 Å². The number of hydrogen-bond acceptors (Lipinski definition) is 7. The SMILES string of the molecule is CC(C)(C)OC(=O)NCc1c(Cl)cnc(F)c1F.CC[C@@H](C)n1c(=O)[nH]c2ncc(Cl)c(-n3cccn3)c21.Fc1cc(Cl)cnc1F. The Bertz CT molecular complexity index is 1900. The van der Waals surface area contributed by atoms with E-state index in [1.165, 1.54) is 6.20 Å². The molecule has 11 nitrogen and oxygen atoms in total. The maximum absolute atomic E-state index is 13.3. The van der Waals surface area contributed by atoms with Gasteiger partial charge in [0, 0.05) is 36.4 Å². The van der Waals surface area contributed by atoms with E-state index in [1.807, 2.05) is 13.8 Å². The lowest BCUT2D eigenvalue weighted by molar-refractivity contribution is 0.0523. The molecule has 0 aliphatic heterocycles. The predicted molar refractivity (Wildman–Crippen MR) is 169 cm³/mol. The summed E-state index contributed by atoms with van der Waals surface area (Å²) in [5, 5.41) is 6.98. The van der Waals surface area contributed by atoms with E-state index in [9.17, 15) is 27.2 Å². The summed E-state index contributed by atoms with van der Waals surface area (Å²) in [6.45, 7) is 8.80. The van der Waals surface area contributed by atoms with Crippen molar-refractivity contribution in [2.45, 2.75) is 59.2 Å². The van der Waals surface area contributed by atoms with Gasteiger partial charge in [-0.3, -0.25) is 9.55 Å². The molecule has 0 aromatic carbocycles. The van der Waals surface area contributed by atoms with Crippen molar-refractivity contribution in [3.05, 3.63) is 97.8 Å². The van der Waals surface area contributed by atoms with Crippen molar-refractivity contribution in [1.29, 1.82) is 0 Å². The van der Waals surface area contributed by atoms with Crippen molar-refractivity contribution in [2.75, 3.05) is 0 Å². The normalized spacial score (nSPS) is 11.7. The van der Waals surface area contributed by atoms with Crippen LogP contribution in [-0.4, -0.2) is 46.0 Å². The number of nitrogens with one attached hydrogen (secondary N) is 2. The van der Waals surface area contributed by atoms with Crippen molar-refractivity contribution in [3.8, 4) is 5.69 Å². The summed E-state index contributed by atoms with van der Waals surface area (Å²) in [4.78, 5) is 36.6. The number of pyridine rings is 3. The second-order valence-electron chi connectivity index (χ2n) is 10.6. The number of ether oxygens (including phenoxy) is 1. The second kappa shape index (κ2) is 16.1. The van der Waals surface area contributed by atoms with Gasteiger partial charge in [-0.2, -0.15) is 13.9 Å². The zero-order chi connectivity index (χ0) is 35.1. The first-order valence-electron chi connectivity index (χ1n) is 13.7. The van der Waals surface area contributed by atoms with E-state index in [0.717, 1.165) is 24.9 Å². The van der Waals surface area contributed by atoms with Crippen LogP contribution in [0.2, 0.25) is 15.1 Å². The molecule has 252 valence electrons. The molecule has 18 heteroatoms. The van der Waals surface area contributed by atoms with Crippen LogP contribution in [0.5, 0.6) is 0 Å². The fraction of sp³-hybridized carbons (Fsp3) is 0.310. The van der Waals surface area contributed by atoms with E-state index in [1.54, 1.807) is 48.5 Å². The molecule has 0 unspecified atom stereocenters. The van der Waals surface area contributed by atoms with Crippen molar-refractivity contribution in [3.63, 3.8) is 0 Å². The Morgan fingerprint density at radius 2 is 1.70 bits per heavy atom. The molecule has 47 heavy (non-hydrogen) atoms. The molecular weight excluding hydrogens is 691 g/mol. The van der Waals surface area contributed by atoms with Crippen LogP contribution in [0.4, 0.5) is 22.4 Å². The minimum Gasteiger partial charge on any atom is -0.444 e. The lowest BCUT2D eigenvalue weighted by atomic mass is 10.2. The molecule has 0 radical (unpaired) electrons. The first-order chi connectivity index (χ1) is 22.0. The maximum atomic E-state index is 13.3. The number of alkyl carbamates (subject to hydrolysis) is 1. The monoisotopic (exact) mass is 718 g/mol. The van der Waals surface area contributed by atoms with Crippen LogP contribution in [-0.2, 0) is 11.3 Å². The highest BCUT2D eigenvalue weighted by atomic mass is 35.5. The summed E-state index contributed by atoms with van der Waals surface area (Å²) in [7, 11) is 0. The van der Waals surface area contributed by atoms with E-state index >= 15 is 0 Å². The molecule has 5 rings (SSSR count). The van der Waals surface area contributed by atoms with Gasteiger partial charge in [0.15, 0.2) is 17.3 Å². The highest BCUT2D eigenvalue weighted by molar-refractivity contribution is 6.33. The van der Waals surface area contributed by atoms with Crippen molar-refractivity contribution in [2.24, 2.45) is 0 Å². The van der Waals surface area contributed by atoms with Gasteiger partial charge >= 0.3 is 11.8 Å². The first-order valence-corrected chi connectivity index (χ1v) is 14.9. The minimum absolute atomic E-state index is 0.0471. The van der Waals surface area contributed by atoms with Crippen molar-refractivity contribution >= 4 is 52.1 Å². The van der Waals surface area contributed by atoms with E-state index in [0.29, 0.717) is 21.9 Å². The number of H-pyrrole nitrogens is 1. The average molecular weight is 720 g/mol. The Labute approximate surface area is 280 Å². The first kappa shape index (κ1) is 37.2. The Morgan fingerprint density at radius 3 is 2.28 bits per heavy atom. The van der Waals surface area contributed by atoms with Gasteiger partial charge in [0.2, 0.25) is 11.9 Å². The molecule has 2 N–H and O–H groups in total. The number of amides is 1. The fourth-order valence-electron chi connectivity index (χ4n) is 3.79. The number of rotatable bonds is 5. The molecular formula is C29H29Cl3F4N8O3. The van der Waals surface area contributed by atoms with Crippen LogP contribution in [0.15, 0.2) is 47.9 Å². The highest BCUT2D eigenvalue weighted by Crippen LogP contribution is 2.28. The number of halogens is 7. The molecule has 0 spiro atoms. The predicted octanol–water partition coefficient (Wildman–Crippen LogP) is 7.59. The zero-order valence-corrected chi connectivity index (χ0v) is 27.9. The van der Waals surface area contributed by atoms with Crippen LogP contribution in [0.1, 0.15) is 52.6 Å². The lowest BCUT2D eigenvalue weighted by Gasteiger charge is -2.19. The fourth-order valence-corrected chi connectivity index (χ4v) is 4.35. The Morgan fingerprint density at radius 1 is 1.04 bits per heavy atom. The summed E-state index contributed by atoms with van der Waals surface area (Å²) in [5.41, 5.74) is 0.842. The third-order valence-corrected chi connectivity index (χ3v) is 6.84. The van der Waals surface area contributed by atoms with Crippen molar-refractivity contribution in [1.82, 2.24) is 39.6 Å². The number of aromatic nitrogens is 7. The molecule has 0 fully saturated rings. The van der Waals surface area contributed by atoms with Gasteiger partial charge < -0.3 is 10.1 Å². The van der Waals surface area contributed by atoms with Crippen LogP contribution >= 0.6 is 34.8 Å². The van der Waals surface area contributed by atoms with Crippen LogP contribution in [0.25, 0.3) is 16.9 Å². The molecule has 5 aromatic heterocycles. The van der Waals surface area contributed by atoms with Gasteiger partial charge in [-0.05, 0) is 46.2 Å². The number of nitrogens with zero attached hydrogens (tertiary/aromatic N) is 6. The van der Waals surface area contributed by atoms with Gasteiger partial charge in [-0.1, -0.05) is 41.7 Å². The number of carbonyl (C=O) groups excluding carboxylic acids is 1. The number of aromatic amines is 1. The molecule has 0 bridgehead atoms. The van der Waals surface area contributed by atoms with E-state index in [-0.39, 0.29) is 33.9 Å². The molecule has 0 aliphatic rings. The van der Waals surface area contributed by atoms with Gasteiger partial charge in [-0.15, -0.1) is 0 Å². The lowest BCUT2D eigenvalue weighted by Crippen LogP contribution is -2.32. The smallest absolute Gasteiger partial charge is 0.407 e. The summed E-state index contributed by atoms with van der Waals surface area (Å²) in [5.74, 6) is -4.60. The zero-order valence-electron chi connectivity index (χ0n) is 25.6. The summed E-state index contributed by atoms with van der Waals surface area (Å²) >= 11 is 17.2. The largest absolute Gasteiger partial charge is 0.444 e. The Balaban J connectivity index is 0.000000205. The minimum atomic E-state index is -1.26. The van der Waals surface area contributed by atoms with Crippen molar-refractivity contribution < 1.29 is 27.1 Å². The quantitative estimate of drug-likeness (QED) is 0.141. The van der Waals surface area contributed by atoms with E-state index in [4.69, 9.17) is 39.5 Å². The van der Waals surface area contributed by atoms with Crippen LogP contribution < -0.4 is 11.0 Å². The number of carbonyl (C=O) groups is 1. The third-order valence-electron chi connectivity index (χ3n) is 6.03. The number of imidazole rings is 1. The molecule has 0 saturated heterocycles. The molecule has 5 heterocycles. The van der Waals surface area contributed by atoms with Gasteiger partial charge in [-0.25, -0.2) is 38.0 Å². The molecule has 1 atom stereocenters. The standard InChI is InChI=1S/C13H14ClN5O.C11H13ClF2N2O2.C5H2ClF2N/c1-3-8(2)19-11-10(18-6-4-5-16-18)9(14)7-15-12(11)17-13(19)20;1-11(2,3)18-10(17)16-4-6-7(12)5-15-9(14)8(6)13;6-3-1-4(7)5(8)9-2-3/h4-8H,3H2,1-2H3,(H,15,17,20);5H,4H2,1-3H3,(H,16,17);1-2H/t8-;;/m1../s1. The summed E-state index contributed by atoms with van der Waals surface area (Å²) < 4.78 is 58.5. The molecule has 1 amide bonds. The average Bonchev–Trinajstić information content (AvgIpc) is 3.64. The second-order valence-corrected chi connectivity index (χ2v) is 11.9. The third kappa shape index (κ3) is 9.89. The summed E-state index contributed by atoms with van der Waals surface area (Å²) in [6.07, 6.45) is 7.09. The molecule has 0 aliphatic carbocycles. The summed E-state index contributed by atoms with van der Waals surface area (Å²) in [6, 6.07) is 2.72. The van der Waals surface area contributed by atoms with E-state index in [2.05, 4.69) is 30.4 Å². The number of hydrogen-bond donors (Lipinski definition) is 2. The molecule has 0 saturated carbocycles. The topological polar surface area (TPSA) is 133 Å².